The molecule has 0 fully saturated rings. The lowest BCUT2D eigenvalue weighted by atomic mass is 10.1. The Balaban J connectivity index is 0.000000162. The molecule has 664 valence electrons. The number of anilines is 4. The summed E-state index contributed by atoms with van der Waals surface area (Å²) < 4.78 is 51.7. The van der Waals surface area contributed by atoms with Gasteiger partial charge in [0, 0.05) is 98.8 Å². The number of carbonyl (C=O) groups excluding carboxylic acids is 4. The Hall–Kier alpha value is -15.9. The average Bonchev–Trinajstić information content (AvgIpc) is 1.66. The Labute approximate surface area is 732 Å². The van der Waals surface area contributed by atoms with Crippen LogP contribution < -0.4 is 21.3 Å². The number of aryl methyl sites for hydroxylation is 6. The average molecular weight is 1750 g/mol. The maximum Gasteiger partial charge on any atom is 0.291 e. The van der Waals surface area contributed by atoms with Crippen LogP contribution in [0.4, 0.5) is 22.7 Å². The molecule has 4 amide bonds. The van der Waals surface area contributed by atoms with Gasteiger partial charge in [-0.3, -0.25) is 87.8 Å². The van der Waals surface area contributed by atoms with Crippen LogP contribution in [0.2, 0.25) is 0 Å². The van der Waals surface area contributed by atoms with Crippen molar-refractivity contribution >= 4 is 59.3 Å². The first-order valence-corrected chi connectivity index (χ1v) is 40.4. The quantitative estimate of drug-likeness (QED) is 0.0138. The van der Waals surface area contributed by atoms with Crippen molar-refractivity contribution in [2.24, 2.45) is 0 Å². The van der Waals surface area contributed by atoms with Crippen molar-refractivity contribution in [1.82, 2.24) is 99.8 Å². The first kappa shape index (κ1) is 92.8. The Bertz CT molecular complexity index is 5790. The van der Waals surface area contributed by atoms with Gasteiger partial charge in [0.05, 0.1) is 144 Å². The van der Waals surface area contributed by atoms with E-state index in [1.807, 2.05) is 142 Å². The standard InChI is InChI=1S/2C22H24N6O3.2C21H22N6O3.2CH2O2/c2*1-4-30-12-11-28-13-17(21(27-28)16-7-5-6-10-23-16)24-22(29)19-9-8-18(31-19)20-14(2)25-26-15(20)3;2*1-3-29-11-10-27-13-17(20(26-27)16-6-4-5-9-22-16)24-21(28)19-8-7-18(30-19)15-12-23-25-14(15)2;2*2-1-3/h2*5-10,13H,4,11-12H2,1-3H3,(H,24,29)(H,25,26);2*4-9,12-13H,3,10-11H2,1-2H3,(H,23,25)(H,24,28);2*1H,(H,2,3). The van der Waals surface area contributed by atoms with E-state index in [2.05, 4.69) is 102 Å². The summed E-state index contributed by atoms with van der Waals surface area (Å²) in [7, 11) is 0. The van der Waals surface area contributed by atoms with E-state index in [0.717, 1.165) is 56.4 Å². The van der Waals surface area contributed by atoms with Crippen molar-refractivity contribution in [2.45, 2.75) is 95.4 Å². The van der Waals surface area contributed by atoms with Gasteiger partial charge < -0.3 is 68.1 Å². The number of rotatable bonds is 32. The number of ether oxygens (including phenoxy) is 4. The van der Waals surface area contributed by atoms with E-state index in [9.17, 15) is 19.2 Å². The van der Waals surface area contributed by atoms with Crippen LogP contribution in [0.5, 0.6) is 0 Å². The van der Waals surface area contributed by atoms with Crippen molar-refractivity contribution in [2.75, 3.05) is 74.1 Å². The highest BCUT2D eigenvalue weighted by atomic mass is 16.5. The number of nitrogens with one attached hydrogen (secondary N) is 8. The third-order valence-corrected chi connectivity index (χ3v) is 18.6. The zero-order valence-corrected chi connectivity index (χ0v) is 71.7. The topological polar surface area (TPSA) is 518 Å². The Morgan fingerprint density at radius 1 is 0.367 bits per heavy atom. The van der Waals surface area contributed by atoms with Gasteiger partial charge in [0.25, 0.3) is 36.6 Å². The molecule has 16 aromatic rings. The number of hydrogen-bond acceptors (Lipinski definition) is 26. The molecule has 0 radical (unpaired) electrons. The number of carbonyl (C=O) groups is 6. The second-order valence-electron chi connectivity index (χ2n) is 27.4. The van der Waals surface area contributed by atoms with Crippen LogP contribution in [0.25, 0.3) is 90.8 Å². The fourth-order valence-electron chi connectivity index (χ4n) is 12.6. The SMILES string of the molecule is CCOCCn1cc(NC(=O)c2ccc(-c3c(C)n[nH]c3C)o2)c(-c2ccccn2)n1.CCOCCn1cc(NC(=O)c2ccc(-c3c(C)n[nH]c3C)o2)c(-c2ccccn2)n1.CCOCCn1cc(NC(=O)c2ccc(-c3cn[nH]c3C)o2)c(-c2ccccn2)n1.CCOCCn1cc(NC(=O)c2ccc(-c3cn[nH]c3C)o2)c(-c2ccccn2)n1.O=CO.O=CO. The van der Waals surface area contributed by atoms with E-state index in [1.165, 1.54) is 0 Å². The van der Waals surface area contributed by atoms with E-state index < -0.39 is 0 Å². The van der Waals surface area contributed by atoms with Gasteiger partial charge in [-0.05, 0) is 166 Å². The third-order valence-electron chi connectivity index (χ3n) is 18.6. The predicted octanol–water partition coefficient (Wildman–Crippen LogP) is 14.1. The van der Waals surface area contributed by atoms with Gasteiger partial charge >= 0.3 is 0 Å². The molecule has 0 saturated heterocycles. The lowest BCUT2D eigenvalue weighted by Crippen LogP contribution is -2.11. The van der Waals surface area contributed by atoms with Crippen LogP contribution in [-0.4, -0.2) is 199 Å². The van der Waals surface area contributed by atoms with Crippen LogP contribution >= 0.6 is 0 Å². The first-order chi connectivity index (χ1) is 62.3. The normalized spacial score (nSPS) is 10.7. The Kier molecular flexibility index (Phi) is 33.7. The van der Waals surface area contributed by atoms with Crippen molar-refractivity contribution in [1.29, 1.82) is 0 Å². The number of nitrogens with zero attached hydrogens (tertiary/aromatic N) is 16. The number of hydrogen-bond donors (Lipinski definition) is 10. The summed E-state index contributed by atoms with van der Waals surface area (Å²) >= 11 is 0. The number of furan rings is 4. The summed E-state index contributed by atoms with van der Waals surface area (Å²) in [4.78, 5) is 85.6. The molecule has 0 spiro atoms. The van der Waals surface area contributed by atoms with Gasteiger partial charge in [-0.25, -0.2) is 0 Å². The molecule has 128 heavy (non-hydrogen) atoms. The summed E-state index contributed by atoms with van der Waals surface area (Å²) in [6, 6.07) is 35.8. The second-order valence-corrected chi connectivity index (χ2v) is 27.4. The van der Waals surface area contributed by atoms with E-state index in [1.54, 1.807) is 129 Å². The van der Waals surface area contributed by atoms with E-state index in [0.29, 0.717) is 170 Å². The summed E-state index contributed by atoms with van der Waals surface area (Å²) in [5.41, 5.74) is 15.6. The van der Waals surface area contributed by atoms with Crippen LogP contribution in [0, 0.1) is 41.5 Å². The number of aromatic amines is 4. The molecule has 40 nitrogen and oxygen atoms in total. The lowest BCUT2D eigenvalue weighted by molar-refractivity contribution is -0.123. The number of pyridine rings is 4. The van der Waals surface area contributed by atoms with Gasteiger partial charge in [0.2, 0.25) is 0 Å². The van der Waals surface area contributed by atoms with Gasteiger partial charge in [0.1, 0.15) is 45.8 Å². The second kappa shape index (κ2) is 46.5. The summed E-state index contributed by atoms with van der Waals surface area (Å²) in [6.45, 7) is 25.5. The summed E-state index contributed by atoms with van der Waals surface area (Å²) in [5.74, 6) is 1.63. The molecular weight excluding hydrogens is 1650 g/mol. The molecule has 0 atom stereocenters. The molecule has 16 rings (SSSR count). The monoisotopic (exact) mass is 1740 g/mol. The molecule has 0 aliphatic rings. The number of amides is 4. The highest BCUT2D eigenvalue weighted by molar-refractivity contribution is 6.07. The maximum atomic E-state index is 12.9. The molecule has 0 aliphatic heterocycles. The number of aromatic nitrogens is 20. The smallest absolute Gasteiger partial charge is 0.291 e. The molecule has 16 aromatic heterocycles. The third kappa shape index (κ3) is 24.7. The molecule has 0 unspecified atom stereocenters. The van der Waals surface area contributed by atoms with Crippen LogP contribution in [0.1, 0.15) is 104 Å². The molecule has 0 aromatic carbocycles. The summed E-state index contributed by atoms with van der Waals surface area (Å²) in [6.07, 6.45) is 17.2. The van der Waals surface area contributed by atoms with Gasteiger partial charge in [-0.15, -0.1) is 0 Å². The van der Waals surface area contributed by atoms with Crippen molar-refractivity contribution in [3.8, 4) is 90.8 Å². The molecule has 0 aliphatic carbocycles. The molecule has 0 bridgehead atoms. The van der Waals surface area contributed by atoms with Gasteiger partial charge in [-0.1, -0.05) is 24.3 Å². The minimum absolute atomic E-state index is 0.194. The van der Waals surface area contributed by atoms with Gasteiger partial charge in [0.15, 0.2) is 23.0 Å². The Morgan fingerprint density at radius 2 is 0.625 bits per heavy atom. The minimum atomic E-state index is -0.371. The van der Waals surface area contributed by atoms with Crippen molar-refractivity contribution in [3.05, 3.63) is 241 Å². The number of H-pyrrole nitrogens is 4. The van der Waals surface area contributed by atoms with Gasteiger partial charge in [-0.2, -0.15) is 40.8 Å². The van der Waals surface area contributed by atoms with E-state index in [-0.39, 0.29) is 59.6 Å². The molecule has 0 saturated carbocycles. The van der Waals surface area contributed by atoms with E-state index >= 15 is 0 Å². The predicted molar refractivity (Wildman–Crippen MR) is 471 cm³/mol. The summed E-state index contributed by atoms with van der Waals surface area (Å²) in [5, 5.41) is 71.6. The van der Waals surface area contributed by atoms with Crippen LogP contribution in [0.3, 0.4) is 0 Å². The molecular formula is C88H96N24O16. The number of carboxylic acid groups (broad SMARTS) is 2. The molecule has 16 heterocycles. The highest BCUT2D eigenvalue weighted by Gasteiger charge is 2.26. The first-order valence-electron chi connectivity index (χ1n) is 40.4. The van der Waals surface area contributed by atoms with Crippen molar-refractivity contribution in [3.63, 3.8) is 0 Å². The minimum Gasteiger partial charge on any atom is -0.483 e. The lowest BCUT2D eigenvalue weighted by Gasteiger charge is -2.03. The van der Waals surface area contributed by atoms with Crippen LogP contribution in [0.15, 0.2) is 201 Å². The fraction of sp³-hybridized carbons (Fsp3) is 0.250. The molecule has 40 heteroatoms. The Morgan fingerprint density at radius 3 is 0.844 bits per heavy atom. The zero-order valence-electron chi connectivity index (χ0n) is 71.7. The largest absolute Gasteiger partial charge is 0.483 e. The van der Waals surface area contributed by atoms with E-state index in [4.69, 9.17) is 56.4 Å². The van der Waals surface area contributed by atoms with Crippen molar-refractivity contribution < 1.29 is 75.6 Å². The zero-order chi connectivity index (χ0) is 90.9. The maximum absolute atomic E-state index is 12.9. The van der Waals surface area contributed by atoms with Crippen LogP contribution in [-0.2, 0) is 54.7 Å². The fourth-order valence-corrected chi connectivity index (χ4v) is 12.6. The highest BCUT2D eigenvalue weighted by Crippen LogP contribution is 2.35. The molecule has 10 N–H and O–H groups in total.